The van der Waals surface area contributed by atoms with Gasteiger partial charge in [0.15, 0.2) is 0 Å². The van der Waals surface area contributed by atoms with E-state index in [1.54, 1.807) is 29.2 Å². The van der Waals surface area contributed by atoms with Crippen LogP contribution in [0.2, 0.25) is 0 Å². The van der Waals surface area contributed by atoms with Gasteiger partial charge >= 0.3 is 0 Å². The Balaban J connectivity index is 1.69. The molecule has 3 rings (SSSR count). The molecule has 0 aromatic heterocycles. The molecule has 1 aromatic rings. The van der Waals surface area contributed by atoms with Gasteiger partial charge in [0.2, 0.25) is 11.7 Å². The van der Waals surface area contributed by atoms with Crippen LogP contribution in [0.1, 0.15) is 29.6 Å². The number of nitrogens with one attached hydrogen (secondary N) is 1. The van der Waals surface area contributed by atoms with E-state index in [1.807, 2.05) is 13.1 Å². The molecule has 1 aromatic carbocycles. The highest BCUT2D eigenvalue weighted by molar-refractivity contribution is 6.42. The van der Waals surface area contributed by atoms with Crippen LogP contribution in [0.4, 0.5) is 0 Å². The third kappa shape index (κ3) is 2.94. The lowest BCUT2D eigenvalue weighted by molar-refractivity contribution is -0.139. The van der Waals surface area contributed by atoms with Gasteiger partial charge in [0, 0.05) is 31.7 Å². The van der Waals surface area contributed by atoms with Crippen molar-refractivity contribution in [2.45, 2.75) is 24.8 Å². The molecule has 6 nitrogen and oxygen atoms in total. The minimum Gasteiger partial charge on any atom is -0.354 e. The summed E-state index contributed by atoms with van der Waals surface area (Å²) in [5.74, 6) is -0.915. The molecule has 24 heavy (non-hydrogen) atoms. The van der Waals surface area contributed by atoms with Gasteiger partial charge in [-0.2, -0.15) is 0 Å². The lowest BCUT2D eigenvalue weighted by atomic mass is 9.85. The molecule has 0 bridgehead atoms. The minimum atomic E-state index is -0.553. The van der Waals surface area contributed by atoms with E-state index in [1.165, 1.54) is 0 Å². The number of Topliss-reactive ketones (excluding diaryl/α,β-unsaturated/α-hetero) is 1. The third-order valence-electron chi connectivity index (χ3n) is 5.22. The number of piperidine rings is 1. The van der Waals surface area contributed by atoms with Gasteiger partial charge in [0.1, 0.15) is 5.54 Å². The number of carbonyl (C=O) groups is 3. The van der Waals surface area contributed by atoms with E-state index in [0.717, 1.165) is 13.0 Å². The van der Waals surface area contributed by atoms with Crippen LogP contribution in [0, 0.1) is 0 Å². The SMILES string of the molecule is CN1CCCNC(=O)C12CCN(C(=O)C(=O)c1ccccc1)CC2. The first-order valence-electron chi connectivity index (χ1n) is 8.43. The lowest BCUT2D eigenvalue weighted by Gasteiger charge is -2.44. The highest BCUT2D eigenvalue weighted by Crippen LogP contribution is 2.30. The maximum absolute atomic E-state index is 12.5. The Labute approximate surface area is 141 Å². The Hall–Kier alpha value is -2.21. The first kappa shape index (κ1) is 16.6. The molecular weight excluding hydrogens is 306 g/mol. The highest BCUT2D eigenvalue weighted by atomic mass is 16.2. The smallest absolute Gasteiger partial charge is 0.294 e. The van der Waals surface area contributed by atoms with E-state index >= 15 is 0 Å². The minimum absolute atomic E-state index is 0.0454. The number of carbonyl (C=O) groups excluding carboxylic acids is 3. The summed E-state index contributed by atoms with van der Waals surface area (Å²) in [5.41, 5.74) is -0.143. The Morgan fingerprint density at radius 3 is 2.42 bits per heavy atom. The molecule has 0 radical (unpaired) electrons. The summed E-state index contributed by atoms with van der Waals surface area (Å²) in [7, 11) is 1.97. The molecule has 0 aliphatic carbocycles. The van der Waals surface area contributed by atoms with Gasteiger partial charge in [-0.05, 0) is 26.3 Å². The standard InChI is InChI=1S/C18H23N3O3/c1-20-11-5-10-19-17(24)18(20)8-12-21(13-9-18)16(23)15(22)14-6-3-2-4-7-14/h2-4,6-7H,5,8-13H2,1H3,(H,19,24). The van der Waals surface area contributed by atoms with Crippen molar-refractivity contribution in [1.82, 2.24) is 15.1 Å². The Morgan fingerprint density at radius 2 is 1.75 bits per heavy atom. The number of benzene rings is 1. The number of likely N-dealkylation sites (tertiary alicyclic amines) is 1. The van der Waals surface area contributed by atoms with Crippen LogP contribution in [-0.4, -0.2) is 66.2 Å². The first-order valence-corrected chi connectivity index (χ1v) is 8.43. The summed E-state index contributed by atoms with van der Waals surface area (Å²) < 4.78 is 0. The van der Waals surface area contributed by atoms with Crippen LogP contribution < -0.4 is 5.32 Å². The molecule has 2 fully saturated rings. The van der Waals surface area contributed by atoms with Gasteiger partial charge in [-0.3, -0.25) is 19.3 Å². The molecule has 0 saturated carbocycles. The fraction of sp³-hybridized carbons (Fsp3) is 0.500. The van der Waals surface area contributed by atoms with Crippen molar-refractivity contribution in [1.29, 1.82) is 0 Å². The molecule has 0 atom stereocenters. The number of nitrogens with zero attached hydrogens (tertiary/aromatic N) is 2. The molecule has 2 aliphatic rings. The number of amides is 2. The fourth-order valence-corrected chi connectivity index (χ4v) is 3.62. The number of likely N-dealkylation sites (N-methyl/N-ethyl adjacent to an activating group) is 1. The van der Waals surface area contributed by atoms with E-state index in [2.05, 4.69) is 10.2 Å². The summed E-state index contributed by atoms with van der Waals surface area (Å²) in [6.45, 7) is 2.40. The Kier molecular flexibility index (Phi) is 4.66. The van der Waals surface area contributed by atoms with Gasteiger partial charge in [-0.15, -0.1) is 0 Å². The topological polar surface area (TPSA) is 69.7 Å². The molecule has 1 N–H and O–H groups in total. The molecule has 2 saturated heterocycles. The van der Waals surface area contributed by atoms with E-state index < -0.39 is 17.2 Å². The van der Waals surface area contributed by atoms with Crippen LogP contribution in [-0.2, 0) is 9.59 Å². The molecule has 2 amide bonds. The zero-order valence-electron chi connectivity index (χ0n) is 14.0. The second kappa shape index (κ2) is 6.73. The molecule has 128 valence electrons. The first-order chi connectivity index (χ1) is 11.5. The average Bonchev–Trinajstić information content (AvgIpc) is 2.76. The van der Waals surface area contributed by atoms with Crippen LogP contribution in [0.15, 0.2) is 30.3 Å². The highest BCUT2D eigenvalue weighted by Gasteiger charge is 2.46. The third-order valence-corrected chi connectivity index (χ3v) is 5.22. The van der Waals surface area contributed by atoms with Crippen molar-refractivity contribution in [2.24, 2.45) is 0 Å². The normalized spacial score (nSPS) is 21.2. The average molecular weight is 329 g/mol. The van der Waals surface area contributed by atoms with E-state index in [-0.39, 0.29) is 5.91 Å². The van der Waals surface area contributed by atoms with Crippen LogP contribution in [0.5, 0.6) is 0 Å². The number of hydrogen-bond acceptors (Lipinski definition) is 4. The van der Waals surface area contributed by atoms with Crippen molar-refractivity contribution in [3.05, 3.63) is 35.9 Å². The summed E-state index contributed by atoms with van der Waals surface area (Å²) in [4.78, 5) is 41.0. The van der Waals surface area contributed by atoms with Crippen molar-refractivity contribution < 1.29 is 14.4 Å². The van der Waals surface area contributed by atoms with Gasteiger partial charge < -0.3 is 10.2 Å². The number of hydrogen-bond donors (Lipinski definition) is 1. The van der Waals surface area contributed by atoms with E-state index in [0.29, 0.717) is 38.0 Å². The maximum atomic E-state index is 12.5. The molecule has 2 heterocycles. The zero-order chi connectivity index (χ0) is 17.2. The van der Waals surface area contributed by atoms with Crippen molar-refractivity contribution in [3.8, 4) is 0 Å². The summed E-state index contributed by atoms with van der Waals surface area (Å²) in [5, 5.41) is 2.98. The largest absolute Gasteiger partial charge is 0.354 e. The van der Waals surface area contributed by atoms with Gasteiger partial charge in [-0.1, -0.05) is 30.3 Å². The molecule has 2 aliphatic heterocycles. The van der Waals surface area contributed by atoms with E-state index in [4.69, 9.17) is 0 Å². The molecule has 6 heteroatoms. The Bertz CT molecular complexity index is 636. The lowest BCUT2D eigenvalue weighted by Crippen LogP contribution is -2.61. The fourth-order valence-electron chi connectivity index (χ4n) is 3.62. The van der Waals surface area contributed by atoms with Gasteiger partial charge in [-0.25, -0.2) is 0 Å². The van der Waals surface area contributed by atoms with Crippen molar-refractivity contribution in [2.75, 3.05) is 33.2 Å². The number of rotatable bonds is 2. The van der Waals surface area contributed by atoms with Crippen molar-refractivity contribution in [3.63, 3.8) is 0 Å². The second-order valence-electron chi connectivity index (χ2n) is 6.55. The summed E-state index contributed by atoms with van der Waals surface area (Å²) >= 11 is 0. The van der Waals surface area contributed by atoms with Crippen LogP contribution in [0.25, 0.3) is 0 Å². The zero-order valence-corrected chi connectivity index (χ0v) is 14.0. The predicted molar refractivity (Wildman–Crippen MR) is 89.6 cm³/mol. The van der Waals surface area contributed by atoms with Crippen LogP contribution in [0.3, 0.4) is 0 Å². The quantitative estimate of drug-likeness (QED) is 0.640. The summed E-state index contributed by atoms with van der Waals surface area (Å²) in [6, 6.07) is 8.61. The van der Waals surface area contributed by atoms with Gasteiger partial charge in [0.05, 0.1) is 0 Å². The molecular formula is C18H23N3O3. The Morgan fingerprint density at radius 1 is 1.08 bits per heavy atom. The summed E-state index contributed by atoms with van der Waals surface area (Å²) in [6.07, 6.45) is 2.05. The van der Waals surface area contributed by atoms with Gasteiger partial charge in [0.25, 0.3) is 5.91 Å². The molecule has 1 spiro atoms. The molecule has 0 unspecified atom stereocenters. The van der Waals surface area contributed by atoms with Crippen LogP contribution >= 0.6 is 0 Å². The van der Waals surface area contributed by atoms with Crippen molar-refractivity contribution >= 4 is 17.6 Å². The predicted octanol–water partition coefficient (Wildman–Crippen LogP) is 0.682. The second-order valence-corrected chi connectivity index (χ2v) is 6.55. The number of ketones is 1. The maximum Gasteiger partial charge on any atom is 0.294 e. The monoisotopic (exact) mass is 329 g/mol. The van der Waals surface area contributed by atoms with E-state index in [9.17, 15) is 14.4 Å².